The van der Waals surface area contributed by atoms with Crippen LogP contribution in [0.3, 0.4) is 0 Å². The molecule has 2 rings (SSSR count). The number of hydrogen-bond donors (Lipinski definition) is 0. The first-order chi connectivity index (χ1) is 7.77. The summed E-state index contributed by atoms with van der Waals surface area (Å²) < 4.78 is 1.45. The van der Waals surface area contributed by atoms with Crippen LogP contribution in [0.25, 0.3) is 0 Å². The zero-order valence-electron chi connectivity index (χ0n) is 8.96. The van der Waals surface area contributed by atoms with Gasteiger partial charge >= 0.3 is 5.97 Å². The predicted molar refractivity (Wildman–Crippen MR) is 58.7 cm³/mol. The van der Waals surface area contributed by atoms with Crippen LogP contribution in [0.2, 0.25) is 0 Å². The van der Waals surface area contributed by atoms with Gasteiger partial charge in [0.15, 0.2) is 0 Å². The van der Waals surface area contributed by atoms with Gasteiger partial charge in [0, 0.05) is 23.8 Å². The predicted octanol–water partition coefficient (Wildman–Crippen LogP) is 1.55. The molecule has 0 radical (unpaired) electrons. The van der Waals surface area contributed by atoms with Gasteiger partial charge in [0.2, 0.25) is 11.9 Å². The van der Waals surface area contributed by atoms with Gasteiger partial charge < -0.3 is 0 Å². The zero-order chi connectivity index (χ0) is 11.4. The van der Waals surface area contributed by atoms with E-state index in [9.17, 15) is 4.79 Å². The highest BCUT2D eigenvalue weighted by molar-refractivity contribution is 5.88. The summed E-state index contributed by atoms with van der Waals surface area (Å²) in [7, 11) is 0. The summed E-state index contributed by atoms with van der Waals surface area (Å²) in [4.78, 5) is 16.9. The van der Waals surface area contributed by atoms with Crippen LogP contribution in [0.15, 0.2) is 54.7 Å². The number of aromatic nitrogens is 1. The van der Waals surface area contributed by atoms with Crippen LogP contribution in [0, 0.1) is 6.92 Å². The summed E-state index contributed by atoms with van der Waals surface area (Å²) in [6.07, 6.45) is 1.70. The summed E-state index contributed by atoms with van der Waals surface area (Å²) >= 11 is 0. The first kappa shape index (κ1) is 10.4. The number of pyridine rings is 1. The van der Waals surface area contributed by atoms with Crippen molar-refractivity contribution in [3.05, 3.63) is 66.0 Å². The van der Waals surface area contributed by atoms with Crippen molar-refractivity contribution in [2.24, 2.45) is 0 Å². The third kappa shape index (κ3) is 2.25. The van der Waals surface area contributed by atoms with Crippen molar-refractivity contribution < 1.29 is 14.4 Å². The Kier molecular flexibility index (Phi) is 2.96. The first-order valence-electron chi connectivity index (χ1n) is 5.02. The third-order valence-corrected chi connectivity index (χ3v) is 2.21. The van der Waals surface area contributed by atoms with E-state index in [1.807, 2.05) is 31.2 Å². The fraction of sp³-hybridized carbons (Fsp3) is 0.0769. The highest BCUT2D eigenvalue weighted by Gasteiger charge is 2.15. The van der Waals surface area contributed by atoms with E-state index in [1.54, 1.807) is 30.5 Å². The molecule has 0 spiro atoms. The van der Waals surface area contributed by atoms with E-state index in [-0.39, 0.29) is 5.97 Å². The molecule has 0 aliphatic carbocycles. The number of rotatable bonds is 2. The van der Waals surface area contributed by atoms with Crippen molar-refractivity contribution in [2.45, 2.75) is 6.92 Å². The molecular weight excluding hydrogens is 202 g/mol. The molecule has 0 aliphatic rings. The lowest BCUT2D eigenvalue weighted by Crippen LogP contribution is -2.47. The van der Waals surface area contributed by atoms with Crippen LogP contribution < -0.4 is 9.57 Å². The molecule has 1 heterocycles. The van der Waals surface area contributed by atoms with Crippen molar-refractivity contribution in [3.63, 3.8) is 0 Å². The van der Waals surface area contributed by atoms with Crippen molar-refractivity contribution in [2.75, 3.05) is 0 Å². The molecule has 0 aliphatic heterocycles. The van der Waals surface area contributed by atoms with Crippen molar-refractivity contribution in [1.29, 1.82) is 0 Å². The maximum atomic E-state index is 11.7. The number of carbonyl (C=O) groups is 1. The van der Waals surface area contributed by atoms with Gasteiger partial charge in [-0.25, -0.2) is 4.79 Å². The summed E-state index contributed by atoms with van der Waals surface area (Å²) in [5, 5.41) is 0. The summed E-state index contributed by atoms with van der Waals surface area (Å²) in [5.74, 6) is -0.361. The van der Waals surface area contributed by atoms with Crippen LogP contribution in [-0.2, 0) is 0 Å². The monoisotopic (exact) mass is 214 g/mol. The normalized spacial score (nSPS) is 9.81. The second-order valence-electron chi connectivity index (χ2n) is 3.41. The largest absolute Gasteiger partial charge is 0.411 e. The molecule has 0 unspecified atom stereocenters. The van der Waals surface area contributed by atoms with Crippen LogP contribution in [0.1, 0.15) is 16.1 Å². The number of aryl methyl sites for hydroxylation is 1. The molecule has 1 aromatic carbocycles. The van der Waals surface area contributed by atoms with E-state index < -0.39 is 0 Å². The highest BCUT2D eigenvalue weighted by atomic mass is 16.7. The average Bonchev–Trinajstić information content (AvgIpc) is 2.33. The fourth-order valence-corrected chi connectivity index (χ4v) is 1.33. The van der Waals surface area contributed by atoms with E-state index in [1.165, 1.54) is 4.73 Å². The van der Waals surface area contributed by atoms with Gasteiger partial charge in [0.1, 0.15) is 0 Å². The molecule has 3 nitrogen and oxygen atoms in total. The first-order valence-corrected chi connectivity index (χ1v) is 5.02. The lowest BCUT2D eigenvalue weighted by Gasteiger charge is -1.98. The van der Waals surface area contributed by atoms with Gasteiger partial charge in [-0.1, -0.05) is 18.2 Å². The molecule has 0 fully saturated rings. The van der Waals surface area contributed by atoms with Crippen molar-refractivity contribution >= 4 is 5.97 Å². The highest BCUT2D eigenvalue weighted by Crippen LogP contribution is 1.98. The van der Waals surface area contributed by atoms with Gasteiger partial charge in [0.25, 0.3) is 0 Å². The summed E-state index contributed by atoms with van der Waals surface area (Å²) in [5.41, 5.74) is 1.41. The van der Waals surface area contributed by atoms with Crippen LogP contribution >= 0.6 is 0 Å². The molecule has 0 amide bonds. The number of nitrogens with zero attached hydrogens (tertiary/aromatic N) is 1. The third-order valence-electron chi connectivity index (χ3n) is 2.21. The second kappa shape index (κ2) is 4.57. The summed E-state index contributed by atoms with van der Waals surface area (Å²) in [6, 6.07) is 14.5. The quantitative estimate of drug-likeness (QED) is 0.710. The Balaban J connectivity index is 2.18. The van der Waals surface area contributed by atoms with Crippen molar-refractivity contribution in [3.8, 4) is 0 Å². The smallest absolute Gasteiger partial charge is 0.239 e. The minimum Gasteiger partial charge on any atom is -0.239 e. The zero-order valence-corrected chi connectivity index (χ0v) is 8.96. The van der Waals surface area contributed by atoms with Gasteiger partial charge in [-0.15, -0.1) is 0 Å². The van der Waals surface area contributed by atoms with Gasteiger partial charge in [-0.3, -0.25) is 0 Å². The Labute approximate surface area is 93.9 Å². The number of benzene rings is 1. The lowest BCUT2D eigenvalue weighted by atomic mass is 10.2. The molecule has 2 aromatic rings. The Morgan fingerprint density at radius 2 is 1.75 bits per heavy atom. The van der Waals surface area contributed by atoms with E-state index in [4.69, 9.17) is 4.84 Å². The lowest BCUT2D eigenvalue weighted by molar-refractivity contribution is -0.872. The van der Waals surface area contributed by atoms with Crippen LogP contribution in [-0.4, -0.2) is 5.97 Å². The second-order valence-corrected chi connectivity index (χ2v) is 3.41. The SMILES string of the molecule is Cc1cccc[n+]1OC(=O)c1ccccc1. The maximum Gasteiger partial charge on any atom is 0.411 e. The molecule has 80 valence electrons. The standard InChI is InChI=1S/C13H12NO2/c1-11-7-5-6-10-14(11)16-13(15)12-8-3-2-4-9-12/h2-10H,1H3/q+1. The fourth-order valence-electron chi connectivity index (χ4n) is 1.33. The molecule has 0 saturated carbocycles. The number of hydrogen-bond acceptors (Lipinski definition) is 2. The van der Waals surface area contributed by atoms with E-state index in [2.05, 4.69) is 0 Å². The van der Waals surface area contributed by atoms with Gasteiger partial charge in [0.05, 0.1) is 5.56 Å². The minimum absolute atomic E-state index is 0.361. The maximum absolute atomic E-state index is 11.7. The van der Waals surface area contributed by atoms with Crippen molar-refractivity contribution in [1.82, 2.24) is 0 Å². The molecule has 0 atom stereocenters. The van der Waals surface area contributed by atoms with Crippen LogP contribution in [0.5, 0.6) is 0 Å². The van der Waals surface area contributed by atoms with Gasteiger partial charge in [-0.05, 0) is 18.2 Å². The Morgan fingerprint density at radius 3 is 2.44 bits per heavy atom. The van der Waals surface area contributed by atoms with E-state index in [0.29, 0.717) is 5.56 Å². The molecule has 0 saturated heterocycles. The number of carbonyl (C=O) groups excluding carboxylic acids is 1. The Bertz CT molecular complexity index is 494. The molecular formula is C13H12NO2+. The molecule has 3 heteroatoms. The molecule has 1 aromatic heterocycles. The average molecular weight is 214 g/mol. The Morgan fingerprint density at radius 1 is 1.06 bits per heavy atom. The van der Waals surface area contributed by atoms with Crippen LogP contribution in [0.4, 0.5) is 0 Å². The van der Waals surface area contributed by atoms with E-state index >= 15 is 0 Å². The molecule has 0 N–H and O–H groups in total. The molecule has 16 heavy (non-hydrogen) atoms. The van der Waals surface area contributed by atoms with Gasteiger partial charge in [-0.2, -0.15) is 4.84 Å². The summed E-state index contributed by atoms with van der Waals surface area (Å²) in [6.45, 7) is 1.87. The molecule has 0 bridgehead atoms. The topological polar surface area (TPSA) is 30.2 Å². The Hall–Kier alpha value is -2.16. The van der Waals surface area contributed by atoms with E-state index in [0.717, 1.165) is 5.69 Å². The minimum atomic E-state index is -0.361.